The lowest BCUT2D eigenvalue weighted by molar-refractivity contribution is 0.176. The van der Waals surface area contributed by atoms with E-state index in [2.05, 4.69) is 31.2 Å². The number of ether oxygens (including phenoxy) is 2. The molecule has 0 aliphatic heterocycles. The standard InChI is InChI=1S/C34H41FO3/c1-24(2)23-37-19-20-38-34-22-31(15-14-29(34)5-4-18-36)32-17-16-30(21-33(32)35)28-12-10-27(11-13-28)26-8-6-25(3)7-9-26/h10-17,21-23,25-26,36H,4-9,18-20H2,1-3H3. The molecule has 38 heavy (non-hydrogen) atoms. The van der Waals surface area contributed by atoms with Gasteiger partial charge >= 0.3 is 0 Å². The highest BCUT2D eigenvalue weighted by Crippen LogP contribution is 2.37. The van der Waals surface area contributed by atoms with Gasteiger partial charge in [0.15, 0.2) is 0 Å². The second-order valence-corrected chi connectivity index (χ2v) is 10.8. The Morgan fingerprint density at radius 3 is 2.29 bits per heavy atom. The van der Waals surface area contributed by atoms with Crippen LogP contribution < -0.4 is 4.74 Å². The summed E-state index contributed by atoms with van der Waals surface area (Å²) in [5.41, 5.74) is 6.70. The molecule has 3 nitrogen and oxygen atoms in total. The van der Waals surface area contributed by atoms with Crippen LogP contribution in [0.3, 0.4) is 0 Å². The van der Waals surface area contributed by atoms with Crippen molar-refractivity contribution in [2.24, 2.45) is 5.92 Å². The number of allylic oxidation sites excluding steroid dienone is 1. The van der Waals surface area contributed by atoms with Gasteiger partial charge in [-0.15, -0.1) is 0 Å². The predicted octanol–water partition coefficient (Wildman–Crippen LogP) is 8.70. The zero-order valence-corrected chi connectivity index (χ0v) is 23.0. The van der Waals surface area contributed by atoms with E-state index in [1.54, 1.807) is 12.3 Å². The summed E-state index contributed by atoms with van der Waals surface area (Å²) in [5, 5.41) is 9.28. The molecule has 0 bridgehead atoms. The molecule has 0 saturated heterocycles. The first kappa shape index (κ1) is 27.9. The highest BCUT2D eigenvalue weighted by Gasteiger charge is 2.19. The summed E-state index contributed by atoms with van der Waals surface area (Å²) in [6.07, 6.45) is 8.18. The Bertz CT molecular complexity index is 1200. The number of hydrogen-bond donors (Lipinski definition) is 1. The molecule has 0 unspecified atom stereocenters. The lowest BCUT2D eigenvalue weighted by atomic mass is 9.79. The fourth-order valence-corrected chi connectivity index (χ4v) is 5.23. The highest BCUT2D eigenvalue weighted by atomic mass is 19.1. The van der Waals surface area contributed by atoms with Gasteiger partial charge in [-0.25, -0.2) is 4.39 Å². The van der Waals surface area contributed by atoms with Crippen LogP contribution in [-0.4, -0.2) is 24.9 Å². The third-order valence-electron chi connectivity index (χ3n) is 7.46. The number of halogens is 1. The van der Waals surface area contributed by atoms with Crippen LogP contribution in [-0.2, 0) is 11.2 Å². The van der Waals surface area contributed by atoms with Crippen LogP contribution in [0.25, 0.3) is 22.3 Å². The Morgan fingerprint density at radius 1 is 0.895 bits per heavy atom. The summed E-state index contributed by atoms with van der Waals surface area (Å²) in [7, 11) is 0. The molecule has 0 spiro atoms. The van der Waals surface area contributed by atoms with Gasteiger partial charge < -0.3 is 14.6 Å². The molecule has 1 fully saturated rings. The van der Waals surface area contributed by atoms with Gasteiger partial charge in [-0.2, -0.15) is 0 Å². The number of rotatable bonds is 11. The molecule has 4 rings (SSSR count). The minimum atomic E-state index is -0.256. The molecule has 1 aliphatic carbocycles. The second kappa shape index (κ2) is 13.6. The van der Waals surface area contributed by atoms with Crippen molar-refractivity contribution in [2.75, 3.05) is 19.8 Å². The Hall–Kier alpha value is -3.11. The smallest absolute Gasteiger partial charge is 0.131 e. The van der Waals surface area contributed by atoms with Gasteiger partial charge in [0.2, 0.25) is 0 Å². The van der Waals surface area contributed by atoms with Crippen molar-refractivity contribution < 1.29 is 19.0 Å². The van der Waals surface area contributed by atoms with Gasteiger partial charge in [0, 0.05) is 12.2 Å². The van der Waals surface area contributed by atoms with E-state index >= 15 is 4.39 Å². The van der Waals surface area contributed by atoms with E-state index in [1.165, 1.54) is 31.2 Å². The quantitative estimate of drug-likeness (QED) is 0.205. The minimum Gasteiger partial charge on any atom is -0.498 e. The summed E-state index contributed by atoms with van der Waals surface area (Å²) in [4.78, 5) is 0. The molecule has 1 aliphatic rings. The van der Waals surface area contributed by atoms with Crippen LogP contribution in [0, 0.1) is 11.7 Å². The molecule has 4 heteroatoms. The van der Waals surface area contributed by atoms with Crippen molar-refractivity contribution in [3.8, 4) is 28.0 Å². The summed E-state index contributed by atoms with van der Waals surface area (Å²) in [6.45, 7) is 7.22. The van der Waals surface area contributed by atoms with E-state index in [-0.39, 0.29) is 12.4 Å². The molecule has 0 radical (unpaired) electrons. The van der Waals surface area contributed by atoms with Crippen molar-refractivity contribution in [2.45, 2.75) is 65.2 Å². The van der Waals surface area contributed by atoms with Gasteiger partial charge in [-0.05, 0) is 96.9 Å². The largest absolute Gasteiger partial charge is 0.498 e. The first-order chi connectivity index (χ1) is 18.4. The van der Waals surface area contributed by atoms with Gasteiger partial charge in [-0.3, -0.25) is 0 Å². The first-order valence-corrected chi connectivity index (χ1v) is 14.0. The minimum absolute atomic E-state index is 0.113. The van der Waals surface area contributed by atoms with E-state index in [0.717, 1.165) is 33.7 Å². The van der Waals surface area contributed by atoms with Gasteiger partial charge in [0.05, 0.1) is 6.26 Å². The van der Waals surface area contributed by atoms with Crippen LogP contribution in [0.5, 0.6) is 5.75 Å². The third-order valence-corrected chi connectivity index (χ3v) is 7.46. The molecule has 0 heterocycles. The van der Waals surface area contributed by atoms with Crippen LogP contribution in [0.15, 0.2) is 72.5 Å². The monoisotopic (exact) mass is 516 g/mol. The third kappa shape index (κ3) is 7.48. The SMILES string of the molecule is CC(C)=COCCOc1cc(-c2ccc(-c3ccc(C4CCC(C)CC4)cc3)cc2F)ccc1CCCO. The Labute approximate surface area is 227 Å². The maximum atomic E-state index is 15.4. The van der Waals surface area contributed by atoms with Gasteiger partial charge in [-0.1, -0.05) is 68.3 Å². The van der Waals surface area contributed by atoms with Crippen molar-refractivity contribution >= 4 is 0 Å². The normalized spacial score (nSPS) is 17.2. The molecular formula is C34H41FO3. The van der Waals surface area contributed by atoms with Crippen LogP contribution >= 0.6 is 0 Å². The molecule has 0 amide bonds. The van der Waals surface area contributed by atoms with Crippen LogP contribution in [0.2, 0.25) is 0 Å². The predicted molar refractivity (Wildman–Crippen MR) is 154 cm³/mol. The van der Waals surface area contributed by atoms with E-state index in [0.29, 0.717) is 43.3 Å². The molecule has 0 atom stereocenters. The van der Waals surface area contributed by atoms with E-state index in [1.807, 2.05) is 44.2 Å². The van der Waals surface area contributed by atoms with Crippen molar-refractivity contribution in [1.29, 1.82) is 0 Å². The van der Waals surface area contributed by atoms with Gasteiger partial charge in [0.1, 0.15) is 24.8 Å². The van der Waals surface area contributed by atoms with Crippen molar-refractivity contribution in [3.63, 3.8) is 0 Å². The fourth-order valence-electron chi connectivity index (χ4n) is 5.23. The van der Waals surface area contributed by atoms with E-state index < -0.39 is 0 Å². The highest BCUT2D eigenvalue weighted by molar-refractivity contribution is 5.72. The summed E-state index contributed by atoms with van der Waals surface area (Å²) in [6, 6.07) is 19.9. The summed E-state index contributed by atoms with van der Waals surface area (Å²) >= 11 is 0. The van der Waals surface area contributed by atoms with Crippen LogP contribution in [0.1, 0.15) is 69.9 Å². The topological polar surface area (TPSA) is 38.7 Å². The number of aliphatic hydroxyl groups is 1. The zero-order chi connectivity index (χ0) is 26.9. The molecule has 3 aromatic rings. The molecular weight excluding hydrogens is 475 g/mol. The molecule has 1 saturated carbocycles. The van der Waals surface area contributed by atoms with Crippen molar-refractivity contribution in [3.05, 3.63) is 89.4 Å². The van der Waals surface area contributed by atoms with Gasteiger partial charge in [0.25, 0.3) is 0 Å². The lowest BCUT2D eigenvalue weighted by Gasteiger charge is -2.26. The van der Waals surface area contributed by atoms with Crippen molar-refractivity contribution in [1.82, 2.24) is 0 Å². The van der Waals surface area contributed by atoms with Crippen LogP contribution in [0.4, 0.5) is 4.39 Å². The fraction of sp³-hybridized carbons (Fsp3) is 0.412. The summed E-state index contributed by atoms with van der Waals surface area (Å²) in [5.74, 6) is 1.93. The molecule has 202 valence electrons. The second-order valence-electron chi connectivity index (χ2n) is 10.8. The summed E-state index contributed by atoms with van der Waals surface area (Å²) < 4.78 is 26.9. The molecule has 3 aromatic carbocycles. The number of hydrogen-bond acceptors (Lipinski definition) is 3. The average molecular weight is 517 g/mol. The lowest BCUT2D eigenvalue weighted by Crippen LogP contribution is -2.10. The number of aryl methyl sites for hydroxylation is 1. The maximum absolute atomic E-state index is 15.4. The Kier molecular flexibility index (Phi) is 10.0. The Morgan fingerprint density at radius 2 is 1.61 bits per heavy atom. The van der Waals surface area contributed by atoms with E-state index in [4.69, 9.17) is 9.47 Å². The number of aliphatic hydroxyl groups excluding tert-OH is 1. The maximum Gasteiger partial charge on any atom is 0.131 e. The zero-order valence-electron chi connectivity index (χ0n) is 23.0. The van der Waals surface area contributed by atoms with E-state index in [9.17, 15) is 5.11 Å². The Balaban J connectivity index is 1.49. The number of benzene rings is 3. The average Bonchev–Trinajstić information content (AvgIpc) is 2.92. The first-order valence-electron chi connectivity index (χ1n) is 14.0. The molecule has 1 N–H and O–H groups in total. The molecule has 0 aromatic heterocycles.